The van der Waals surface area contributed by atoms with Crippen molar-refractivity contribution in [2.75, 3.05) is 6.54 Å². The van der Waals surface area contributed by atoms with Crippen LogP contribution in [0.25, 0.3) is 0 Å². The molecule has 0 bridgehead atoms. The van der Waals surface area contributed by atoms with Crippen LogP contribution in [0.3, 0.4) is 0 Å². The van der Waals surface area contributed by atoms with E-state index in [1.165, 1.54) is 6.07 Å². The van der Waals surface area contributed by atoms with E-state index in [1.807, 2.05) is 23.6 Å². The van der Waals surface area contributed by atoms with Crippen LogP contribution >= 0.6 is 27.3 Å². The molecule has 0 saturated heterocycles. The molecule has 1 aromatic heterocycles. The molecular formula is C14H15BrFNS. The van der Waals surface area contributed by atoms with Crippen LogP contribution in [0.15, 0.2) is 40.2 Å². The summed E-state index contributed by atoms with van der Waals surface area (Å²) in [5, 5.41) is 5.43. The summed E-state index contributed by atoms with van der Waals surface area (Å²) in [6, 6.07) is 9.05. The van der Waals surface area contributed by atoms with Gasteiger partial charge in [-0.25, -0.2) is 4.39 Å². The fourth-order valence-corrected chi connectivity index (χ4v) is 3.04. The van der Waals surface area contributed by atoms with Gasteiger partial charge in [-0.2, -0.15) is 0 Å². The number of halogens is 2. The Morgan fingerprint density at radius 3 is 2.89 bits per heavy atom. The molecule has 1 nitrogen and oxygen atoms in total. The third-order valence-corrected chi connectivity index (χ3v) is 4.13. The molecule has 2 aromatic rings. The molecule has 4 heteroatoms. The largest absolute Gasteiger partial charge is 0.306 e. The van der Waals surface area contributed by atoms with E-state index in [4.69, 9.17) is 0 Å². The van der Waals surface area contributed by atoms with Crippen molar-refractivity contribution in [3.63, 3.8) is 0 Å². The predicted molar refractivity (Wildman–Crippen MR) is 78.6 cm³/mol. The molecule has 18 heavy (non-hydrogen) atoms. The first kappa shape index (κ1) is 13.7. The first-order valence-corrected chi connectivity index (χ1v) is 7.61. The van der Waals surface area contributed by atoms with Crippen molar-refractivity contribution in [3.05, 3.63) is 56.4 Å². The van der Waals surface area contributed by atoms with Crippen molar-refractivity contribution in [2.24, 2.45) is 0 Å². The molecule has 1 aromatic carbocycles. The highest BCUT2D eigenvalue weighted by molar-refractivity contribution is 9.10. The molecule has 0 fully saturated rings. The number of nitrogens with one attached hydrogen (secondary N) is 1. The van der Waals surface area contributed by atoms with Gasteiger partial charge in [0.25, 0.3) is 0 Å². The second-order valence-corrected chi connectivity index (χ2v) is 5.96. The van der Waals surface area contributed by atoms with Gasteiger partial charge in [-0.3, -0.25) is 0 Å². The lowest BCUT2D eigenvalue weighted by Crippen LogP contribution is -2.23. The Labute approximate surface area is 119 Å². The van der Waals surface area contributed by atoms with Crippen LogP contribution in [-0.2, 0) is 0 Å². The minimum Gasteiger partial charge on any atom is -0.306 e. The number of benzene rings is 1. The van der Waals surface area contributed by atoms with Gasteiger partial charge >= 0.3 is 0 Å². The SMILES string of the molecule is CCCNC(c1cccs1)c1cc(Br)ccc1F. The van der Waals surface area contributed by atoms with E-state index in [0.29, 0.717) is 5.56 Å². The summed E-state index contributed by atoms with van der Waals surface area (Å²) in [6.45, 7) is 2.98. The fraction of sp³-hybridized carbons (Fsp3) is 0.286. The van der Waals surface area contributed by atoms with Gasteiger partial charge in [0.2, 0.25) is 0 Å². The Kier molecular flexibility index (Phi) is 4.92. The highest BCUT2D eigenvalue weighted by Gasteiger charge is 2.18. The third-order valence-electron chi connectivity index (χ3n) is 2.70. The molecule has 0 radical (unpaired) electrons. The van der Waals surface area contributed by atoms with Crippen LogP contribution in [-0.4, -0.2) is 6.54 Å². The number of hydrogen-bond donors (Lipinski definition) is 1. The van der Waals surface area contributed by atoms with Crippen LogP contribution in [0.4, 0.5) is 4.39 Å². The average Bonchev–Trinajstić information content (AvgIpc) is 2.88. The van der Waals surface area contributed by atoms with E-state index in [9.17, 15) is 4.39 Å². The van der Waals surface area contributed by atoms with Crippen molar-refractivity contribution in [3.8, 4) is 0 Å². The lowest BCUT2D eigenvalue weighted by atomic mass is 10.0. The fourth-order valence-electron chi connectivity index (χ4n) is 1.84. The van der Waals surface area contributed by atoms with Crippen molar-refractivity contribution < 1.29 is 4.39 Å². The van der Waals surface area contributed by atoms with Crippen molar-refractivity contribution >= 4 is 27.3 Å². The molecular weight excluding hydrogens is 313 g/mol. The minimum atomic E-state index is -0.166. The zero-order valence-corrected chi connectivity index (χ0v) is 12.5. The molecule has 1 unspecified atom stereocenters. The predicted octanol–water partition coefficient (Wildman–Crippen LogP) is 4.74. The highest BCUT2D eigenvalue weighted by Crippen LogP contribution is 2.29. The maximum atomic E-state index is 14.0. The number of thiophene rings is 1. The van der Waals surface area contributed by atoms with Gasteiger partial charge in [0, 0.05) is 14.9 Å². The topological polar surface area (TPSA) is 12.0 Å². The zero-order chi connectivity index (χ0) is 13.0. The monoisotopic (exact) mass is 327 g/mol. The van der Waals surface area contributed by atoms with E-state index >= 15 is 0 Å². The quantitative estimate of drug-likeness (QED) is 0.836. The molecule has 96 valence electrons. The molecule has 0 aliphatic carbocycles. The maximum absolute atomic E-state index is 14.0. The third kappa shape index (κ3) is 3.19. The Morgan fingerprint density at radius 1 is 1.39 bits per heavy atom. The number of rotatable bonds is 5. The van der Waals surface area contributed by atoms with E-state index in [0.717, 1.165) is 22.3 Å². The van der Waals surface area contributed by atoms with Gasteiger partial charge in [-0.1, -0.05) is 28.9 Å². The Balaban J connectivity index is 2.36. The highest BCUT2D eigenvalue weighted by atomic mass is 79.9. The van der Waals surface area contributed by atoms with Crippen LogP contribution in [0.5, 0.6) is 0 Å². The second kappa shape index (κ2) is 6.45. The summed E-state index contributed by atoms with van der Waals surface area (Å²) >= 11 is 5.05. The molecule has 0 spiro atoms. The summed E-state index contributed by atoms with van der Waals surface area (Å²) in [7, 11) is 0. The summed E-state index contributed by atoms with van der Waals surface area (Å²) < 4.78 is 14.9. The van der Waals surface area contributed by atoms with E-state index in [1.54, 1.807) is 17.4 Å². The van der Waals surface area contributed by atoms with Gasteiger partial charge in [0.1, 0.15) is 5.82 Å². The summed E-state index contributed by atoms with van der Waals surface area (Å²) in [4.78, 5) is 1.14. The van der Waals surface area contributed by atoms with Gasteiger partial charge in [0.05, 0.1) is 6.04 Å². The Morgan fingerprint density at radius 2 is 2.22 bits per heavy atom. The molecule has 0 saturated carbocycles. The van der Waals surface area contributed by atoms with Crippen LogP contribution in [0.2, 0.25) is 0 Å². The van der Waals surface area contributed by atoms with Crippen molar-refractivity contribution in [1.29, 1.82) is 0 Å². The van der Waals surface area contributed by atoms with Crippen LogP contribution in [0.1, 0.15) is 29.8 Å². The van der Waals surface area contributed by atoms with Crippen LogP contribution in [0, 0.1) is 5.82 Å². The minimum absolute atomic E-state index is 0.0672. The zero-order valence-electron chi connectivity index (χ0n) is 10.1. The normalized spacial score (nSPS) is 12.6. The molecule has 1 N–H and O–H groups in total. The van der Waals surface area contributed by atoms with E-state index in [-0.39, 0.29) is 11.9 Å². The summed E-state index contributed by atoms with van der Waals surface area (Å²) in [5.41, 5.74) is 0.695. The first-order valence-electron chi connectivity index (χ1n) is 5.94. The Hall–Kier alpha value is -0.710. The van der Waals surface area contributed by atoms with Crippen molar-refractivity contribution in [1.82, 2.24) is 5.32 Å². The van der Waals surface area contributed by atoms with E-state index in [2.05, 4.69) is 28.2 Å². The average molecular weight is 328 g/mol. The molecule has 1 heterocycles. The van der Waals surface area contributed by atoms with Gasteiger partial charge < -0.3 is 5.32 Å². The van der Waals surface area contributed by atoms with Crippen LogP contribution < -0.4 is 5.32 Å². The molecule has 0 amide bonds. The van der Waals surface area contributed by atoms with Gasteiger partial charge in [0.15, 0.2) is 0 Å². The first-order chi connectivity index (χ1) is 8.72. The maximum Gasteiger partial charge on any atom is 0.128 e. The molecule has 0 aliphatic rings. The molecule has 0 aliphatic heterocycles. The number of hydrogen-bond acceptors (Lipinski definition) is 2. The standard InChI is InChI=1S/C14H15BrFNS/c1-2-7-17-14(13-4-3-8-18-13)11-9-10(15)5-6-12(11)16/h3-6,8-9,14,17H,2,7H2,1H3. The Bertz CT molecular complexity index is 499. The lowest BCUT2D eigenvalue weighted by molar-refractivity contribution is 0.551. The van der Waals surface area contributed by atoms with Gasteiger partial charge in [-0.15, -0.1) is 11.3 Å². The van der Waals surface area contributed by atoms with Gasteiger partial charge in [-0.05, 0) is 42.6 Å². The second-order valence-electron chi connectivity index (χ2n) is 4.07. The lowest BCUT2D eigenvalue weighted by Gasteiger charge is -2.18. The molecule has 2 rings (SSSR count). The van der Waals surface area contributed by atoms with E-state index < -0.39 is 0 Å². The summed E-state index contributed by atoms with van der Waals surface area (Å²) in [6.07, 6.45) is 1.03. The summed E-state index contributed by atoms with van der Waals surface area (Å²) in [5.74, 6) is -0.166. The van der Waals surface area contributed by atoms with Crippen molar-refractivity contribution in [2.45, 2.75) is 19.4 Å². The molecule has 1 atom stereocenters. The smallest absolute Gasteiger partial charge is 0.128 e.